The summed E-state index contributed by atoms with van der Waals surface area (Å²) in [6, 6.07) is 5.50. The number of hydrogen-bond acceptors (Lipinski definition) is 3. The molecule has 68 valence electrons. The predicted molar refractivity (Wildman–Crippen MR) is 48.1 cm³/mol. The Hall–Kier alpha value is -1.39. The first-order valence-corrected chi connectivity index (χ1v) is 3.96. The number of nitrogens with zero attached hydrogens (tertiary/aromatic N) is 1. The molecule has 2 aromatic heterocycles. The molecule has 2 aromatic rings. The third-order valence-corrected chi connectivity index (χ3v) is 1.90. The molecule has 4 nitrogen and oxygen atoms in total. The van der Waals surface area contributed by atoms with E-state index in [0.29, 0.717) is 5.69 Å². The summed E-state index contributed by atoms with van der Waals surface area (Å²) in [6.45, 7) is 0. The van der Waals surface area contributed by atoms with Gasteiger partial charge in [-0.3, -0.25) is 4.98 Å². The van der Waals surface area contributed by atoms with Crippen molar-refractivity contribution in [2.75, 3.05) is 7.11 Å². The zero-order chi connectivity index (χ0) is 9.26. The minimum Gasteiger partial charge on any atom is -0.363 e. The Balaban J connectivity index is 2.49. The first-order valence-electron chi connectivity index (χ1n) is 3.96. The predicted octanol–water partition coefficient (Wildman–Crippen LogP) is 1.20. The molecule has 0 radical (unpaired) electrons. The zero-order valence-electron chi connectivity index (χ0n) is 7.19. The average Bonchev–Trinajstić information content (AvgIpc) is 2.59. The molecular weight excluding hydrogens is 168 g/mol. The lowest BCUT2D eigenvalue weighted by molar-refractivity contribution is -0.0794. The smallest absolute Gasteiger partial charge is 0.196 e. The summed E-state index contributed by atoms with van der Waals surface area (Å²) in [6.07, 6.45) is 0.799. The molecule has 0 aliphatic rings. The van der Waals surface area contributed by atoms with Crippen molar-refractivity contribution in [3.8, 4) is 0 Å². The highest BCUT2D eigenvalue weighted by Gasteiger charge is 2.08. The number of aliphatic hydroxyl groups excluding tert-OH is 1. The molecule has 0 saturated carbocycles. The van der Waals surface area contributed by atoms with Crippen LogP contribution in [0.2, 0.25) is 0 Å². The van der Waals surface area contributed by atoms with Gasteiger partial charge in [-0.05, 0) is 18.2 Å². The van der Waals surface area contributed by atoms with Crippen LogP contribution in [-0.2, 0) is 4.74 Å². The fraction of sp³-hybridized carbons (Fsp3) is 0.222. The number of ether oxygens (including phenoxy) is 1. The normalized spacial score (nSPS) is 13.4. The molecule has 1 unspecified atom stereocenters. The van der Waals surface area contributed by atoms with Gasteiger partial charge in [-0.15, -0.1) is 0 Å². The second kappa shape index (κ2) is 3.16. The van der Waals surface area contributed by atoms with Crippen molar-refractivity contribution in [1.29, 1.82) is 0 Å². The molecule has 0 fully saturated rings. The maximum Gasteiger partial charge on any atom is 0.196 e. The fourth-order valence-electron chi connectivity index (χ4n) is 1.24. The van der Waals surface area contributed by atoms with E-state index in [1.807, 2.05) is 12.1 Å². The molecule has 2 N–H and O–H groups in total. The molecule has 2 heterocycles. The van der Waals surface area contributed by atoms with Crippen LogP contribution < -0.4 is 0 Å². The van der Waals surface area contributed by atoms with Crippen LogP contribution in [0.4, 0.5) is 0 Å². The first-order chi connectivity index (χ1) is 6.31. The van der Waals surface area contributed by atoms with Crippen molar-refractivity contribution >= 4 is 11.0 Å². The molecule has 0 aliphatic carbocycles. The zero-order valence-corrected chi connectivity index (χ0v) is 7.19. The molecule has 0 bridgehead atoms. The van der Waals surface area contributed by atoms with Crippen molar-refractivity contribution in [2.24, 2.45) is 0 Å². The van der Waals surface area contributed by atoms with Crippen molar-refractivity contribution in [1.82, 2.24) is 9.97 Å². The Morgan fingerprint density at radius 3 is 3.15 bits per heavy atom. The largest absolute Gasteiger partial charge is 0.363 e. The number of hydrogen-bond donors (Lipinski definition) is 2. The highest BCUT2D eigenvalue weighted by atomic mass is 16.6. The second-order valence-corrected chi connectivity index (χ2v) is 2.75. The van der Waals surface area contributed by atoms with Gasteiger partial charge < -0.3 is 14.8 Å². The van der Waals surface area contributed by atoms with E-state index in [1.54, 1.807) is 12.3 Å². The number of fused-ring (bicyclic) bond motifs is 1. The minimum absolute atomic E-state index is 0.621. The van der Waals surface area contributed by atoms with Crippen LogP contribution in [0.15, 0.2) is 24.4 Å². The van der Waals surface area contributed by atoms with Crippen LogP contribution in [-0.4, -0.2) is 22.2 Å². The van der Waals surface area contributed by atoms with E-state index in [9.17, 15) is 5.11 Å². The third kappa shape index (κ3) is 1.41. The van der Waals surface area contributed by atoms with E-state index in [-0.39, 0.29) is 0 Å². The van der Waals surface area contributed by atoms with E-state index < -0.39 is 6.29 Å². The SMILES string of the molecule is COC(O)c1cc2ncccc2[nH]1. The lowest BCUT2D eigenvalue weighted by Gasteiger charge is -2.03. The van der Waals surface area contributed by atoms with Crippen molar-refractivity contribution < 1.29 is 9.84 Å². The Kier molecular flexibility index (Phi) is 2.00. The Bertz CT molecular complexity index is 378. The summed E-state index contributed by atoms with van der Waals surface area (Å²) < 4.78 is 4.76. The van der Waals surface area contributed by atoms with Gasteiger partial charge in [0.05, 0.1) is 16.7 Å². The van der Waals surface area contributed by atoms with Gasteiger partial charge in [-0.1, -0.05) is 0 Å². The molecule has 1 atom stereocenters. The summed E-state index contributed by atoms with van der Waals surface area (Å²) >= 11 is 0. The molecule has 4 heteroatoms. The number of pyridine rings is 1. The molecular formula is C9H10N2O2. The first kappa shape index (κ1) is 8.22. The van der Waals surface area contributed by atoms with Gasteiger partial charge in [-0.25, -0.2) is 0 Å². The van der Waals surface area contributed by atoms with E-state index in [0.717, 1.165) is 11.0 Å². The van der Waals surface area contributed by atoms with Crippen LogP contribution >= 0.6 is 0 Å². The standard InChI is InChI=1S/C9H10N2O2/c1-13-9(12)8-5-7-6(11-8)3-2-4-10-7/h2-5,9,11-12H,1H3. The monoisotopic (exact) mass is 178 g/mol. The van der Waals surface area contributed by atoms with Gasteiger partial charge in [0, 0.05) is 13.3 Å². The quantitative estimate of drug-likeness (QED) is 0.679. The maximum atomic E-state index is 9.35. The van der Waals surface area contributed by atoms with Crippen LogP contribution in [0.3, 0.4) is 0 Å². The summed E-state index contributed by atoms with van der Waals surface area (Å²) in [5.74, 6) is 0. The third-order valence-electron chi connectivity index (χ3n) is 1.90. The van der Waals surface area contributed by atoms with E-state index in [1.165, 1.54) is 7.11 Å². The van der Waals surface area contributed by atoms with Crippen LogP contribution in [0.5, 0.6) is 0 Å². The maximum absolute atomic E-state index is 9.35. The van der Waals surface area contributed by atoms with Crippen molar-refractivity contribution in [2.45, 2.75) is 6.29 Å². The average molecular weight is 178 g/mol. The minimum atomic E-state index is -0.908. The molecule has 2 rings (SSSR count). The molecule has 0 aliphatic heterocycles. The van der Waals surface area contributed by atoms with Gasteiger partial charge in [0.15, 0.2) is 6.29 Å². The van der Waals surface area contributed by atoms with Gasteiger partial charge in [0.25, 0.3) is 0 Å². The van der Waals surface area contributed by atoms with Crippen molar-refractivity contribution in [3.05, 3.63) is 30.1 Å². The Morgan fingerprint density at radius 2 is 2.46 bits per heavy atom. The van der Waals surface area contributed by atoms with Crippen LogP contribution in [0.1, 0.15) is 12.0 Å². The van der Waals surface area contributed by atoms with Gasteiger partial charge in [0.2, 0.25) is 0 Å². The summed E-state index contributed by atoms with van der Waals surface area (Å²) in [4.78, 5) is 7.13. The summed E-state index contributed by atoms with van der Waals surface area (Å²) in [7, 11) is 1.45. The number of methoxy groups -OCH3 is 1. The number of aromatic amines is 1. The number of nitrogens with one attached hydrogen (secondary N) is 1. The highest BCUT2D eigenvalue weighted by molar-refractivity contribution is 5.75. The summed E-state index contributed by atoms with van der Waals surface area (Å²) in [5, 5.41) is 9.35. The molecule has 13 heavy (non-hydrogen) atoms. The number of aromatic nitrogens is 2. The van der Waals surface area contributed by atoms with Crippen LogP contribution in [0, 0.1) is 0 Å². The topological polar surface area (TPSA) is 58.1 Å². The molecule has 0 aromatic carbocycles. The lowest BCUT2D eigenvalue weighted by atomic mass is 10.4. The summed E-state index contributed by atoms with van der Waals surface area (Å²) in [5.41, 5.74) is 2.35. The van der Waals surface area contributed by atoms with E-state index in [2.05, 4.69) is 9.97 Å². The second-order valence-electron chi connectivity index (χ2n) is 2.75. The van der Waals surface area contributed by atoms with Gasteiger partial charge >= 0.3 is 0 Å². The van der Waals surface area contributed by atoms with Gasteiger partial charge in [0.1, 0.15) is 0 Å². The van der Waals surface area contributed by atoms with Crippen molar-refractivity contribution in [3.63, 3.8) is 0 Å². The Morgan fingerprint density at radius 1 is 1.62 bits per heavy atom. The van der Waals surface area contributed by atoms with E-state index in [4.69, 9.17) is 4.74 Å². The fourth-order valence-corrected chi connectivity index (χ4v) is 1.24. The van der Waals surface area contributed by atoms with Crippen LogP contribution in [0.25, 0.3) is 11.0 Å². The number of rotatable bonds is 2. The number of aliphatic hydroxyl groups is 1. The number of H-pyrrole nitrogens is 1. The highest BCUT2D eigenvalue weighted by Crippen LogP contribution is 2.17. The van der Waals surface area contributed by atoms with E-state index >= 15 is 0 Å². The molecule has 0 spiro atoms. The molecule has 0 saturated heterocycles. The lowest BCUT2D eigenvalue weighted by Crippen LogP contribution is -1.98. The molecule has 0 amide bonds. The Labute approximate surface area is 75.2 Å². The van der Waals surface area contributed by atoms with Gasteiger partial charge in [-0.2, -0.15) is 0 Å².